The fourth-order valence-corrected chi connectivity index (χ4v) is 5.41. The first-order chi connectivity index (χ1) is 20.7. The van der Waals surface area contributed by atoms with Crippen molar-refractivity contribution in [3.05, 3.63) is 97.9 Å². The molecule has 0 fully saturated rings. The predicted octanol–water partition coefficient (Wildman–Crippen LogP) is 9.58. The third kappa shape index (κ3) is 8.74. The van der Waals surface area contributed by atoms with Gasteiger partial charge in [0, 0.05) is 45.7 Å². The molecule has 1 aromatic carbocycles. The standard InChI is InChI=1S/C36H40N4O2S/c1-8-10-20-40(21-11-9-2)29-14-12-27(33(22-29)41-25-26(3)4)13-15-30-16-17-31(43-30)18-19-32-34(39-7)35(28(23-37)24-38)42-36(32,5)6/h12-19,22H,3,8-11,20-21,25H2,1-2,4-6H3/b15-13+,19-18+. The second-order valence-electron chi connectivity index (χ2n) is 11.0. The van der Waals surface area contributed by atoms with Crippen molar-refractivity contribution in [3.63, 3.8) is 0 Å². The molecule has 0 atom stereocenters. The molecule has 0 spiro atoms. The minimum absolute atomic E-state index is 0.0500. The van der Waals surface area contributed by atoms with Gasteiger partial charge in [0.2, 0.25) is 5.70 Å². The lowest BCUT2D eigenvalue weighted by molar-refractivity contribution is 0.0954. The van der Waals surface area contributed by atoms with Crippen LogP contribution in [0.3, 0.4) is 0 Å². The van der Waals surface area contributed by atoms with Crippen molar-refractivity contribution in [2.45, 2.75) is 65.9 Å². The lowest BCUT2D eigenvalue weighted by Crippen LogP contribution is -2.25. The second-order valence-corrected chi connectivity index (χ2v) is 12.1. The number of ether oxygens (including phenoxy) is 2. The molecule has 0 radical (unpaired) electrons. The number of anilines is 1. The molecule has 7 heteroatoms. The number of nitriles is 2. The highest BCUT2D eigenvalue weighted by Gasteiger charge is 2.38. The molecule has 1 aliphatic heterocycles. The monoisotopic (exact) mass is 592 g/mol. The number of hydrogen-bond donors (Lipinski definition) is 0. The highest BCUT2D eigenvalue weighted by molar-refractivity contribution is 7.13. The van der Waals surface area contributed by atoms with Gasteiger partial charge in [-0.1, -0.05) is 39.3 Å². The van der Waals surface area contributed by atoms with E-state index in [1.807, 2.05) is 51.1 Å². The third-order valence-corrected chi connectivity index (χ3v) is 7.94. The Hall–Kier alpha value is -4.51. The van der Waals surface area contributed by atoms with Crippen LogP contribution in [0.25, 0.3) is 23.1 Å². The van der Waals surface area contributed by atoms with Crippen LogP contribution in [0, 0.1) is 29.2 Å². The molecule has 3 rings (SSSR count). The molecule has 0 aliphatic carbocycles. The normalized spacial score (nSPS) is 14.0. The van der Waals surface area contributed by atoms with Crippen molar-refractivity contribution >= 4 is 35.3 Å². The molecule has 1 aliphatic rings. The van der Waals surface area contributed by atoms with Crippen LogP contribution in [0.15, 0.2) is 71.2 Å². The Morgan fingerprint density at radius 2 is 1.67 bits per heavy atom. The van der Waals surface area contributed by atoms with E-state index in [0.717, 1.165) is 65.4 Å². The Labute approximate surface area is 261 Å². The summed E-state index contributed by atoms with van der Waals surface area (Å²) in [5.41, 5.74) is 2.96. The van der Waals surface area contributed by atoms with E-state index in [4.69, 9.17) is 16.0 Å². The molecule has 1 aromatic heterocycles. The number of nitrogens with zero attached hydrogens (tertiary/aromatic N) is 4. The van der Waals surface area contributed by atoms with Gasteiger partial charge < -0.3 is 14.4 Å². The lowest BCUT2D eigenvalue weighted by atomic mass is 9.97. The van der Waals surface area contributed by atoms with E-state index < -0.39 is 5.60 Å². The SMILES string of the molecule is [C-]#[N+]C1=C(/C=C/c2ccc(/C=C/c3ccc(N(CCCC)CCCC)cc3OCC(=C)C)s2)C(C)(C)OC1=C(C#N)C#N. The van der Waals surface area contributed by atoms with Crippen molar-refractivity contribution in [2.24, 2.45) is 0 Å². The molecule has 222 valence electrons. The fourth-order valence-electron chi connectivity index (χ4n) is 4.59. The summed E-state index contributed by atoms with van der Waals surface area (Å²) in [6.45, 7) is 24.2. The van der Waals surface area contributed by atoms with Crippen molar-refractivity contribution in [1.82, 2.24) is 0 Å². The summed E-state index contributed by atoms with van der Waals surface area (Å²) in [5.74, 6) is 0.889. The van der Waals surface area contributed by atoms with Gasteiger partial charge in [-0.2, -0.15) is 10.5 Å². The number of allylic oxidation sites excluding steroid dienone is 1. The number of unbranched alkanes of at least 4 members (excludes halogenated alkanes) is 2. The number of hydrogen-bond acceptors (Lipinski definition) is 6. The van der Waals surface area contributed by atoms with E-state index in [9.17, 15) is 10.5 Å². The predicted molar refractivity (Wildman–Crippen MR) is 178 cm³/mol. The van der Waals surface area contributed by atoms with Crippen LogP contribution >= 0.6 is 11.3 Å². The van der Waals surface area contributed by atoms with Crippen LogP contribution in [0.2, 0.25) is 0 Å². The third-order valence-electron chi connectivity index (χ3n) is 6.93. The Bertz CT molecular complexity index is 1540. The van der Waals surface area contributed by atoms with Crippen LogP contribution < -0.4 is 9.64 Å². The Kier molecular flexibility index (Phi) is 12.0. The van der Waals surface area contributed by atoms with E-state index >= 15 is 0 Å². The van der Waals surface area contributed by atoms with Gasteiger partial charge in [-0.25, -0.2) is 4.85 Å². The maximum atomic E-state index is 9.30. The summed E-state index contributed by atoms with van der Waals surface area (Å²) in [6.07, 6.45) is 12.6. The summed E-state index contributed by atoms with van der Waals surface area (Å²) < 4.78 is 12.1. The fraction of sp³-hybridized carbons (Fsp3) is 0.361. The number of rotatable bonds is 14. The molecule has 2 heterocycles. The van der Waals surface area contributed by atoms with Gasteiger partial charge >= 0.3 is 0 Å². The molecule has 0 unspecified atom stereocenters. The van der Waals surface area contributed by atoms with E-state index in [1.165, 1.54) is 5.69 Å². The van der Waals surface area contributed by atoms with Gasteiger partial charge in [0.25, 0.3) is 0 Å². The van der Waals surface area contributed by atoms with Crippen LogP contribution in [0.5, 0.6) is 5.75 Å². The van der Waals surface area contributed by atoms with Gasteiger partial charge in [0.1, 0.15) is 30.1 Å². The van der Waals surface area contributed by atoms with Gasteiger partial charge in [0.15, 0.2) is 11.3 Å². The molecule has 43 heavy (non-hydrogen) atoms. The van der Waals surface area contributed by atoms with Crippen LogP contribution in [-0.2, 0) is 4.74 Å². The van der Waals surface area contributed by atoms with E-state index in [2.05, 4.69) is 66.6 Å². The zero-order chi connectivity index (χ0) is 31.4. The smallest absolute Gasteiger partial charge is 0.237 e. The Morgan fingerprint density at radius 1 is 1.05 bits per heavy atom. The molecule has 6 nitrogen and oxygen atoms in total. The van der Waals surface area contributed by atoms with Gasteiger partial charge in [-0.3, -0.25) is 0 Å². The van der Waals surface area contributed by atoms with E-state index in [1.54, 1.807) is 11.3 Å². The minimum Gasteiger partial charge on any atom is -0.493 e. The first-order valence-electron chi connectivity index (χ1n) is 14.7. The molecule has 0 bridgehead atoms. The molecule has 0 N–H and O–H groups in total. The van der Waals surface area contributed by atoms with E-state index in [0.29, 0.717) is 12.2 Å². The second kappa shape index (κ2) is 15.6. The maximum Gasteiger partial charge on any atom is 0.237 e. The topological polar surface area (TPSA) is 73.6 Å². The van der Waals surface area contributed by atoms with Crippen molar-refractivity contribution in [3.8, 4) is 17.9 Å². The summed E-state index contributed by atoms with van der Waals surface area (Å²) in [6, 6.07) is 14.2. The number of thiophene rings is 1. The molecular weight excluding hydrogens is 552 g/mol. The summed E-state index contributed by atoms with van der Waals surface area (Å²) in [7, 11) is 0. The zero-order valence-electron chi connectivity index (χ0n) is 25.9. The molecular formula is C36H40N4O2S. The lowest BCUT2D eigenvalue weighted by Gasteiger charge is -2.25. The van der Waals surface area contributed by atoms with Crippen LogP contribution in [0.1, 0.15) is 75.6 Å². The van der Waals surface area contributed by atoms with Gasteiger partial charge in [-0.05, 0) is 81.7 Å². The zero-order valence-corrected chi connectivity index (χ0v) is 26.7. The first kappa shape index (κ1) is 33.0. The highest BCUT2D eigenvalue weighted by Crippen LogP contribution is 2.41. The Balaban J connectivity index is 1.87. The Morgan fingerprint density at radius 3 is 2.23 bits per heavy atom. The quantitative estimate of drug-likeness (QED) is 0.124. The van der Waals surface area contributed by atoms with Gasteiger partial charge in [0.05, 0.1) is 6.57 Å². The molecule has 0 saturated carbocycles. The van der Waals surface area contributed by atoms with Gasteiger partial charge in [-0.15, -0.1) is 11.3 Å². The van der Waals surface area contributed by atoms with E-state index in [-0.39, 0.29) is 17.0 Å². The highest BCUT2D eigenvalue weighted by atomic mass is 32.1. The first-order valence-corrected chi connectivity index (χ1v) is 15.5. The minimum atomic E-state index is -0.834. The van der Waals surface area contributed by atoms with Crippen LogP contribution in [0.4, 0.5) is 5.69 Å². The van der Waals surface area contributed by atoms with Crippen LogP contribution in [-0.4, -0.2) is 25.3 Å². The molecule has 2 aromatic rings. The molecule has 0 amide bonds. The largest absolute Gasteiger partial charge is 0.493 e. The van der Waals surface area contributed by atoms with Crippen molar-refractivity contribution < 1.29 is 9.47 Å². The molecule has 0 saturated heterocycles. The summed E-state index contributed by atoms with van der Waals surface area (Å²) in [5, 5.41) is 18.6. The average Bonchev–Trinajstić information content (AvgIpc) is 3.55. The summed E-state index contributed by atoms with van der Waals surface area (Å²) in [4.78, 5) is 8.12. The van der Waals surface area contributed by atoms with Crippen molar-refractivity contribution in [1.29, 1.82) is 10.5 Å². The average molecular weight is 593 g/mol. The number of benzene rings is 1. The summed E-state index contributed by atoms with van der Waals surface area (Å²) >= 11 is 1.62. The van der Waals surface area contributed by atoms with Crippen molar-refractivity contribution in [2.75, 3.05) is 24.6 Å². The maximum absolute atomic E-state index is 9.30.